The Morgan fingerprint density at radius 3 is 2.14 bits per heavy atom. The fourth-order valence-electron chi connectivity index (χ4n) is 3.70. The van der Waals surface area contributed by atoms with Crippen LogP contribution in [0.2, 0.25) is 0 Å². The molecule has 1 aromatic carbocycles. The topological polar surface area (TPSA) is 76.1 Å². The number of rotatable bonds is 8. The van der Waals surface area contributed by atoms with Crippen LogP contribution in [-0.4, -0.2) is 66.0 Å². The highest BCUT2D eigenvalue weighted by atomic mass is 16.5. The molecular weight excluding hydrogens is 372 g/mol. The molecule has 0 aliphatic carbocycles. The molecule has 1 fully saturated rings. The van der Waals surface area contributed by atoms with Gasteiger partial charge < -0.3 is 19.3 Å². The van der Waals surface area contributed by atoms with E-state index in [-0.39, 0.29) is 37.1 Å². The Morgan fingerprint density at radius 2 is 1.59 bits per heavy atom. The average Bonchev–Trinajstić information content (AvgIpc) is 2.71. The third kappa shape index (κ3) is 6.21. The average molecular weight is 405 g/mol. The van der Waals surface area contributed by atoms with Crippen molar-refractivity contribution in [3.63, 3.8) is 0 Å². The number of likely N-dealkylation sites (tertiary alicyclic amines) is 1. The van der Waals surface area contributed by atoms with Gasteiger partial charge in [-0.3, -0.25) is 9.59 Å². The lowest BCUT2D eigenvalue weighted by Crippen LogP contribution is -2.49. The van der Waals surface area contributed by atoms with Crippen LogP contribution in [0.1, 0.15) is 57.3 Å². The number of hydrogen-bond donors (Lipinski definition) is 0. The fraction of sp³-hybridized carbons (Fsp3) is 0.591. The molecule has 0 N–H and O–H groups in total. The Hall–Kier alpha value is -2.57. The summed E-state index contributed by atoms with van der Waals surface area (Å²) in [5.74, 6) is -0.304. The van der Waals surface area contributed by atoms with Crippen LogP contribution in [0, 0.1) is 0 Å². The van der Waals surface area contributed by atoms with E-state index in [1.807, 2.05) is 18.7 Å². The molecular formula is C22H32N2O5. The standard InChI is InChI=1S/C22H32N2O5/c1-5-23(6-2)20(25)14-29-22(27)18-10-12-19(13-11-18)28-15-21(26)24-16(3)8-7-9-17(24)4/h10-13,16-17H,5-9,14-15H2,1-4H3. The van der Waals surface area contributed by atoms with Crippen LogP contribution in [0.4, 0.5) is 0 Å². The lowest BCUT2D eigenvalue weighted by atomic mass is 9.97. The first-order valence-corrected chi connectivity index (χ1v) is 10.4. The largest absolute Gasteiger partial charge is 0.484 e. The number of esters is 1. The summed E-state index contributed by atoms with van der Waals surface area (Å²) in [6.07, 6.45) is 3.18. The van der Waals surface area contributed by atoms with Gasteiger partial charge in [-0.05, 0) is 71.2 Å². The Balaban J connectivity index is 1.84. The van der Waals surface area contributed by atoms with Crippen molar-refractivity contribution in [2.45, 2.75) is 59.0 Å². The van der Waals surface area contributed by atoms with Gasteiger partial charge in [0.15, 0.2) is 13.2 Å². The molecule has 2 rings (SSSR count). The predicted octanol–water partition coefficient (Wildman–Crippen LogP) is 2.88. The number of nitrogens with zero attached hydrogens (tertiary/aromatic N) is 2. The zero-order valence-corrected chi connectivity index (χ0v) is 17.8. The van der Waals surface area contributed by atoms with Crippen LogP contribution in [-0.2, 0) is 14.3 Å². The van der Waals surface area contributed by atoms with Crippen LogP contribution >= 0.6 is 0 Å². The Morgan fingerprint density at radius 1 is 1.00 bits per heavy atom. The van der Waals surface area contributed by atoms with Crippen molar-refractivity contribution >= 4 is 17.8 Å². The molecule has 2 amide bonds. The van der Waals surface area contributed by atoms with Gasteiger partial charge in [-0.1, -0.05) is 0 Å². The maximum Gasteiger partial charge on any atom is 0.338 e. The highest BCUT2D eigenvalue weighted by Gasteiger charge is 2.29. The normalized spacial score (nSPS) is 18.8. The summed E-state index contributed by atoms with van der Waals surface area (Å²) in [5, 5.41) is 0. The van der Waals surface area contributed by atoms with Crippen LogP contribution < -0.4 is 4.74 Å². The summed E-state index contributed by atoms with van der Waals surface area (Å²) in [6, 6.07) is 6.84. The van der Waals surface area contributed by atoms with Crippen molar-refractivity contribution in [2.75, 3.05) is 26.3 Å². The van der Waals surface area contributed by atoms with Crippen LogP contribution in [0.25, 0.3) is 0 Å². The molecule has 160 valence electrons. The maximum absolute atomic E-state index is 12.5. The van der Waals surface area contributed by atoms with E-state index in [0.717, 1.165) is 19.3 Å². The highest BCUT2D eigenvalue weighted by Crippen LogP contribution is 2.23. The summed E-state index contributed by atoms with van der Waals surface area (Å²) in [4.78, 5) is 40.0. The smallest absolute Gasteiger partial charge is 0.338 e. The number of hydrogen-bond acceptors (Lipinski definition) is 5. The van der Waals surface area contributed by atoms with Gasteiger partial charge in [-0.2, -0.15) is 0 Å². The van der Waals surface area contributed by atoms with Gasteiger partial charge >= 0.3 is 5.97 Å². The number of likely N-dealkylation sites (N-methyl/N-ethyl adjacent to an activating group) is 1. The second kappa shape index (κ2) is 10.8. The Labute approximate surface area is 172 Å². The summed E-state index contributed by atoms with van der Waals surface area (Å²) in [6.45, 7) is 8.73. The van der Waals surface area contributed by atoms with Crippen molar-refractivity contribution in [1.82, 2.24) is 9.80 Å². The first kappa shape index (κ1) is 22.7. The summed E-state index contributed by atoms with van der Waals surface area (Å²) in [7, 11) is 0. The van der Waals surface area contributed by atoms with Crippen LogP contribution in [0.5, 0.6) is 5.75 Å². The van der Waals surface area contributed by atoms with Gasteiger partial charge in [0.05, 0.1) is 5.56 Å². The molecule has 29 heavy (non-hydrogen) atoms. The zero-order valence-electron chi connectivity index (χ0n) is 17.8. The number of piperidine rings is 1. The molecule has 1 aliphatic rings. The molecule has 0 aromatic heterocycles. The van der Waals surface area contributed by atoms with Crippen LogP contribution in [0.15, 0.2) is 24.3 Å². The summed E-state index contributed by atoms with van der Waals surface area (Å²) >= 11 is 0. The predicted molar refractivity (Wildman–Crippen MR) is 110 cm³/mol. The molecule has 7 heteroatoms. The van der Waals surface area contributed by atoms with E-state index in [1.165, 1.54) is 0 Å². The van der Waals surface area contributed by atoms with E-state index in [0.29, 0.717) is 24.4 Å². The Bertz CT molecular complexity index is 690. The molecule has 1 heterocycles. The van der Waals surface area contributed by atoms with Gasteiger partial charge in [0.2, 0.25) is 0 Å². The molecule has 0 radical (unpaired) electrons. The van der Waals surface area contributed by atoms with Crippen molar-refractivity contribution < 1.29 is 23.9 Å². The maximum atomic E-state index is 12.5. The molecule has 2 atom stereocenters. The number of benzene rings is 1. The SMILES string of the molecule is CCN(CC)C(=O)COC(=O)c1ccc(OCC(=O)N2C(C)CCCC2C)cc1. The lowest BCUT2D eigenvalue weighted by Gasteiger charge is -2.38. The number of carbonyl (C=O) groups is 3. The van der Waals surface area contributed by atoms with Gasteiger partial charge in [-0.25, -0.2) is 4.79 Å². The van der Waals surface area contributed by atoms with Crippen molar-refractivity contribution in [3.8, 4) is 5.75 Å². The fourth-order valence-corrected chi connectivity index (χ4v) is 3.70. The monoisotopic (exact) mass is 404 g/mol. The van der Waals surface area contributed by atoms with E-state index in [4.69, 9.17) is 9.47 Å². The van der Waals surface area contributed by atoms with E-state index in [9.17, 15) is 14.4 Å². The molecule has 2 unspecified atom stereocenters. The first-order chi connectivity index (χ1) is 13.9. The van der Waals surface area contributed by atoms with E-state index < -0.39 is 5.97 Å². The molecule has 1 aromatic rings. The summed E-state index contributed by atoms with van der Waals surface area (Å²) < 4.78 is 10.7. The minimum Gasteiger partial charge on any atom is -0.484 e. The third-order valence-corrected chi connectivity index (χ3v) is 5.38. The van der Waals surface area contributed by atoms with E-state index >= 15 is 0 Å². The zero-order chi connectivity index (χ0) is 21.4. The molecule has 0 bridgehead atoms. The van der Waals surface area contributed by atoms with Crippen molar-refractivity contribution in [1.29, 1.82) is 0 Å². The van der Waals surface area contributed by atoms with Gasteiger partial charge in [-0.15, -0.1) is 0 Å². The Kier molecular flexibility index (Phi) is 8.49. The third-order valence-electron chi connectivity index (χ3n) is 5.38. The highest BCUT2D eigenvalue weighted by molar-refractivity contribution is 5.91. The molecule has 0 saturated carbocycles. The molecule has 7 nitrogen and oxygen atoms in total. The van der Waals surface area contributed by atoms with Crippen molar-refractivity contribution in [2.24, 2.45) is 0 Å². The molecule has 1 saturated heterocycles. The number of amides is 2. The number of ether oxygens (including phenoxy) is 2. The number of carbonyl (C=O) groups excluding carboxylic acids is 3. The second-order valence-electron chi connectivity index (χ2n) is 7.39. The van der Waals surface area contributed by atoms with Crippen molar-refractivity contribution in [3.05, 3.63) is 29.8 Å². The summed E-state index contributed by atoms with van der Waals surface area (Å²) in [5.41, 5.74) is 0.328. The molecule has 1 aliphatic heterocycles. The molecule has 0 spiro atoms. The lowest BCUT2D eigenvalue weighted by molar-refractivity contribution is -0.139. The van der Waals surface area contributed by atoms with Gasteiger partial charge in [0.1, 0.15) is 5.75 Å². The van der Waals surface area contributed by atoms with Gasteiger partial charge in [0, 0.05) is 25.2 Å². The van der Waals surface area contributed by atoms with E-state index in [2.05, 4.69) is 13.8 Å². The minimum atomic E-state index is -0.566. The van der Waals surface area contributed by atoms with E-state index in [1.54, 1.807) is 29.2 Å². The quantitative estimate of drug-likeness (QED) is 0.623. The second-order valence-corrected chi connectivity index (χ2v) is 7.39. The first-order valence-electron chi connectivity index (χ1n) is 10.4. The minimum absolute atomic E-state index is 0.0249. The van der Waals surface area contributed by atoms with Gasteiger partial charge in [0.25, 0.3) is 11.8 Å². The van der Waals surface area contributed by atoms with Crippen LogP contribution in [0.3, 0.4) is 0 Å².